The van der Waals surface area contributed by atoms with Crippen LogP contribution in [0.15, 0.2) is 64.5 Å². The van der Waals surface area contributed by atoms with Crippen LogP contribution in [0.4, 0.5) is 5.69 Å². The van der Waals surface area contributed by atoms with Gasteiger partial charge in [-0.2, -0.15) is 0 Å². The first-order valence-corrected chi connectivity index (χ1v) is 8.28. The van der Waals surface area contributed by atoms with Crippen LogP contribution in [0.2, 0.25) is 0 Å². The average molecular weight is 356 g/mol. The molecule has 8 nitrogen and oxygen atoms in total. The summed E-state index contributed by atoms with van der Waals surface area (Å²) in [6.45, 7) is -0.194. The molecule has 1 N–H and O–H groups in total. The summed E-state index contributed by atoms with van der Waals surface area (Å²) in [5.41, 5.74) is 0.707. The molecular weight excluding hydrogens is 344 g/mol. The van der Waals surface area contributed by atoms with Gasteiger partial charge in [-0.1, -0.05) is 24.3 Å². The highest BCUT2D eigenvalue weighted by Crippen LogP contribution is 2.11. The Morgan fingerprint density at radius 1 is 1.16 bits per heavy atom. The van der Waals surface area contributed by atoms with Gasteiger partial charge in [0, 0.05) is 5.69 Å². The Labute approximate surface area is 143 Å². The second-order valence-corrected chi connectivity index (χ2v) is 6.21. The van der Waals surface area contributed by atoms with Gasteiger partial charge in [-0.3, -0.25) is 14.2 Å². The van der Waals surface area contributed by atoms with Crippen LogP contribution in [0.1, 0.15) is 0 Å². The van der Waals surface area contributed by atoms with Crippen LogP contribution >= 0.6 is 0 Å². The quantitative estimate of drug-likeness (QED) is 0.560. The van der Waals surface area contributed by atoms with Gasteiger partial charge < -0.3 is 9.53 Å². The number of rotatable bonds is 4. The lowest BCUT2D eigenvalue weighted by molar-refractivity contribution is -0.116. The van der Waals surface area contributed by atoms with Gasteiger partial charge in [0.05, 0.1) is 17.2 Å². The van der Waals surface area contributed by atoms with E-state index in [1.54, 1.807) is 24.3 Å². The Balaban J connectivity index is 1.77. The number of benzene rings is 2. The topological polar surface area (TPSA) is 112 Å². The number of carbonyl (C=O) groups is 1. The molecule has 126 valence electrons. The van der Waals surface area contributed by atoms with Crippen molar-refractivity contribution in [2.45, 2.75) is 11.4 Å². The second kappa shape index (κ2) is 7.08. The van der Waals surface area contributed by atoms with E-state index in [4.69, 9.17) is 0 Å². The molecule has 0 aliphatic carbocycles. The molecule has 2 aromatic carbocycles. The Kier molecular flexibility index (Phi) is 4.69. The number of hydrogen-bond donors (Lipinski definition) is 1. The minimum Gasteiger partial charge on any atom is -0.372 e. The summed E-state index contributed by atoms with van der Waals surface area (Å²) in [4.78, 5) is 39.1. The van der Waals surface area contributed by atoms with E-state index in [1.807, 2.05) is 0 Å². The van der Waals surface area contributed by atoms with Gasteiger partial charge >= 0.3 is 0 Å². The van der Waals surface area contributed by atoms with Gasteiger partial charge in [-0.15, -0.1) is 0 Å². The third kappa shape index (κ3) is 3.63. The van der Waals surface area contributed by atoms with Crippen LogP contribution in [-0.4, -0.2) is 15.5 Å². The van der Waals surface area contributed by atoms with Gasteiger partial charge in [0.1, 0.15) is 15.7 Å². The maximum Gasteiger partial charge on any atom is 0.261 e. The molecule has 0 aliphatic rings. The van der Waals surface area contributed by atoms with Crippen LogP contribution in [0.3, 0.4) is 0 Å². The molecule has 1 aromatic heterocycles. The molecule has 0 bridgehead atoms. The van der Waals surface area contributed by atoms with E-state index < -0.39 is 16.5 Å². The molecule has 0 atom stereocenters. The Bertz CT molecular complexity index is 1110. The number of para-hydroxylation sites is 1. The first-order chi connectivity index (χ1) is 12.1. The molecule has 0 aliphatic heterocycles. The lowest BCUT2D eigenvalue weighted by atomic mass is 10.2. The zero-order valence-corrected chi connectivity index (χ0v) is 13.6. The Morgan fingerprint density at radius 3 is 2.60 bits per heavy atom. The van der Waals surface area contributed by atoms with Crippen molar-refractivity contribution in [1.29, 1.82) is 0 Å². The first kappa shape index (κ1) is 16.6. The molecule has 9 heteroatoms. The van der Waals surface area contributed by atoms with Gasteiger partial charge in [-0.05, 0) is 29.2 Å². The maximum absolute atomic E-state index is 12.3. The lowest BCUT2D eigenvalue weighted by Gasteiger charge is -2.08. The smallest absolute Gasteiger partial charge is 0.261 e. The lowest BCUT2D eigenvalue weighted by Crippen LogP contribution is -2.27. The number of anilines is 1. The molecule has 3 rings (SSSR count). The number of hydrogen-bond acceptors (Lipinski definition) is 6. The van der Waals surface area contributed by atoms with Crippen molar-refractivity contribution in [2.75, 3.05) is 5.32 Å². The van der Waals surface area contributed by atoms with Crippen LogP contribution in [-0.2, 0) is 26.1 Å². The standard InChI is InChI=1S/C16H12N4O4S/c21-15(18-11-5-7-12(8-6-11)25(24)19-23)9-20-10-17-14-4-2-1-3-13(14)16(20)22/h1-8,10H,9H2,(H,18,21). The largest absolute Gasteiger partial charge is 0.372 e. The number of nitroso groups, excluding NO2 is 1. The number of fused-ring (bicyclic) bond motifs is 1. The SMILES string of the molecule is O=[N+]=[S-](=O)c1ccc(NC(=O)Cn2cnc3ccccc3c2=O)cc1. The zero-order valence-electron chi connectivity index (χ0n) is 12.8. The van der Waals surface area contributed by atoms with Crippen LogP contribution in [0.25, 0.3) is 10.9 Å². The van der Waals surface area contributed by atoms with Gasteiger partial charge in [0.2, 0.25) is 5.91 Å². The fraction of sp³-hybridized carbons (Fsp3) is 0.0625. The molecule has 25 heavy (non-hydrogen) atoms. The number of carbonyl (C=O) groups excluding carboxylic acids is 1. The highest BCUT2D eigenvalue weighted by molar-refractivity contribution is 7.74. The summed E-state index contributed by atoms with van der Waals surface area (Å²) in [6, 6.07) is 12.7. The number of nitrogens with one attached hydrogen (secondary N) is 1. The van der Waals surface area contributed by atoms with Gasteiger partial charge in [0.25, 0.3) is 5.56 Å². The normalized spacial score (nSPS) is 10.6. The molecular formula is C16H12N4O4S. The van der Waals surface area contributed by atoms with Crippen LogP contribution < -0.4 is 15.1 Å². The van der Waals surface area contributed by atoms with Crippen molar-refractivity contribution < 1.29 is 9.00 Å². The zero-order chi connectivity index (χ0) is 17.8. The minimum atomic E-state index is -1.96. The molecule has 0 unspecified atom stereocenters. The third-order valence-corrected chi connectivity index (χ3v) is 4.26. The van der Waals surface area contributed by atoms with Crippen molar-refractivity contribution in [3.05, 3.63) is 70.1 Å². The second-order valence-electron chi connectivity index (χ2n) is 5.09. The molecule has 0 radical (unpaired) electrons. The van der Waals surface area contributed by atoms with Crippen LogP contribution in [0, 0.1) is 4.91 Å². The molecule has 0 saturated heterocycles. The van der Waals surface area contributed by atoms with E-state index in [0.717, 1.165) is 0 Å². The Morgan fingerprint density at radius 2 is 1.88 bits per heavy atom. The molecule has 1 amide bonds. The molecule has 1 heterocycles. The predicted molar refractivity (Wildman–Crippen MR) is 92.9 cm³/mol. The summed E-state index contributed by atoms with van der Waals surface area (Å²) in [6.07, 6.45) is 1.33. The summed E-state index contributed by atoms with van der Waals surface area (Å²) >= 11 is 0. The monoisotopic (exact) mass is 356 g/mol. The summed E-state index contributed by atoms with van der Waals surface area (Å²) in [5, 5.41) is 3.05. The maximum atomic E-state index is 12.3. The molecule has 0 saturated carbocycles. The Hall–Kier alpha value is -3.29. The van der Waals surface area contributed by atoms with Crippen molar-refractivity contribution in [2.24, 2.45) is 0 Å². The van der Waals surface area contributed by atoms with Gasteiger partial charge in [-0.25, -0.2) is 4.98 Å². The van der Waals surface area contributed by atoms with E-state index >= 15 is 0 Å². The van der Waals surface area contributed by atoms with Gasteiger partial charge in [0.15, 0.2) is 10.6 Å². The summed E-state index contributed by atoms with van der Waals surface area (Å²) in [5.74, 6) is -0.415. The first-order valence-electron chi connectivity index (χ1n) is 7.18. The molecule has 0 fully saturated rings. The van der Waals surface area contributed by atoms with E-state index in [-0.39, 0.29) is 17.0 Å². The number of nitrogens with zero attached hydrogens (tertiary/aromatic N) is 3. The minimum absolute atomic E-state index is 0.194. The average Bonchev–Trinajstić information content (AvgIpc) is 2.64. The van der Waals surface area contributed by atoms with Crippen molar-refractivity contribution in [3.63, 3.8) is 0 Å². The van der Waals surface area contributed by atoms with E-state index in [2.05, 4.69) is 14.5 Å². The summed E-state index contributed by atoms with van der Waals surface area (Å²) in [7, 11) is -1.96. The fourth-order valence-corrected chi connectivity index (χ4v) is 2.73. The summed E-state index contributed by atoms with van der Waals surface area (Å²) < 4.78 is 14.9. The van der Waals surface area contributed by atoms with E-state index in [1.165, 1.54) is 35.2 Å². The van der Waals surface area contributed by atoms with Crippen molar-refractivity contribution >= 4 is 33.1 Å². The highest BCUT2D eigenvalue weighted by Gasteiger charge is 2.08. The number of amides is 1. The van der Waals surface area contributed by atoms with Crippen molar-refractivity contribution in [3.8, 4) is 0 Å². The van der Waals surface area contributed by atoms with Crippen LogP contribution in [0.5, 0.6) is 0 Å². The molecule has 0 spiro atoms. The highest BCUT2D eigenvalue weighted by atomic mass is 32.2. The molecule has 3 aromatic rings. The third-order valence-electron chi connectivity index (χ3n) is 3.45. The van der Waals surface area contributed by atoms with E-state index in [9.17, 15) is 18.7 Å². The number of aromatic nitrogens is 2. The predicted octanol–water partition coefficient (Wildman–Crippen LogP) is 1.38. The fourth-order valence-electron chi connectivity index (χ4n) is 2.27. The van der Waals surface area contributed by atoms with Crippen molar-refractivity contribution in [1.82, 2.24) is 13.8 Å². The van der Waals surface area contributed by atoms with E-state index in [0.29, 0.717) is 16.6 Å².